The number of benzene rings is 2. The van der Waals surface area contributed by atoms with E-state index in [0.29, 0.717) is 16.8 Å². The number of anilines is 1. The molecule has 2 amide bonds. The van der Waals surface area contributed by atoms with E-state index >= 15 is 0 Å². The molecule has 0 unspecified atom stereocenters. The molecule has 0 radical (unpaired) electrons. The quantitative estimate of drug-likeness (QED) is 0.371. The van der Waals surface area contributed by atoms with Gasteiger partial charge in [0.1, 0.15) is 6.61 Å². The standard InChI is InChI=1S/C19H17N3O4/c20-22-18(23)17-16(9-10-25-17)14-7-4-8-15(11-14)21-19(24)26-12-13-5-2-1-3-6-13/h1-11H,12,20H2,(H,21,24)(H,22,23). The largest absolute Gasteiger partial charge is 0.458 e. The fraction of sp³-hybridized carbons (Fsp3) is 0.0526. The van der Waals surface area contributed by atoms with Gasteiger partial charge in [0.15, 0.2) is 5.76 Å². The minimum Gasteiger partial charge on any atom is -0.458 e. The summed E-state index contributed by atoms with van der Waals surface area (Å²) in [5.41, 5.74) is 4.72. The van der Waals surface area contributed by atoms with Crippen molar-refractivity contribution in [2.75, 3.05) is 5.32 Å². The van der Waals surface area contributed by atoms with Gasteiger partial charge in [-0.2, -0.15) is 0 Å². The fourth-order valence-corrected chi connectivity index (χ4v) is 2.42. The van der Waals surface area contributed by atoms with Crippen LogP contribution >= 0.6 is 0 Å². The van der Waals surface area contributed by atoms with Gasteiger partial charge in [-0.05, 0) is 29.3 Å². The summed E-state index contributed by atoms with van der Waals surface area (Å²) < 4.78 is 10.4. The van der Waals surface area contributed by atoms with E-state index in [1.165, 1.54) is 6.26 Å². The summed E-state index contributed by atoms with van der Waals surface area (Å²) >= 11 is 0. The number of ether oxygens (including phenoxy) is 1. The number of carbonyl (C=O) groups excluding carboxylic acids is 2. The molecule has 7 nitrogen and oxygen atoms in total. The molecule has 0 spiro atoms. The van der Waals surface area contributed by atoms with Crippen LogP contribution in [0.15, 0.2) is 71.3 Å². The van der Waals surface area contributed by atoms with Crippen molar-refractivity contribution in [2.45, 2.75) is 6.61 Å². The Labute approximate surface area is 149 Å². The van der Waals surface area contributed by atoms with E-state index in [9.17, 15) is 9.59 Å². The van der Waals surface area contributed by atoms with E-state index in [-0.39, 0.29) is 12.4 Å². The Morgan fingerprint density at radius 2 is 1.85 bits per heavy atom. The maximum atomic E-state index is 12.0. The second-order valence-corrected chi connectivity index (χ2v) is 5.40. The maximum absolute atomic E-state index is 12.0. The minimum atomic E-state index is -0.571. The molecule has 0 fully saturated rings. The average Bonchev–Trinajstić information content (AvgIpc) is 3.17. The number of amides is 2. The molecule has 132 valence electrons. The molecule has 7 heteroatoms. The van der Waals surface area contributed by atoms with Gasteiger partial charge in [-0.3, -0.25) is 15.5 Å². The molecular weight excluding hydrogens is 334 g/mol. The number of carbonyl (C=O) groups is 2. The first-order chi connectivity index (χ1) is 12.7. The topological polar surface area (TPSA) is 107 Å². The number of nitrogens with one attached hydrogen (secondary N) is 2. The Bertz CT molecular complexity index is 906. The number of hydrogen-bond acceptors (Lipinski definition) is 5. The van der Waals surface area contributed by atoms with Crippen LogP contribution in [0.3, 0.4) is 0 Å². The number of furan rings is 1. The normalized spacial score (nSPS) is 10.2. The van der Waals surface area contributed by atoms with Crippen molar-refractivity contribution < 1.29 is 18.7 Å². The molecule has 0 aliphatic rings. The van der Waals surface area contributed by atoms with Crippen LogP contribution in [-0.4, -0.2) is 12.0 Å². The molecule has 0 aliphatic heterocycles. The third-order valence-electron chi connectivity index (χ3n) is 3.64. The first-order valence-corrected chi connectivity index (χ1v) is 7.84. The smallest absolute Gasteiger partial charge is 0.411 e. The van der Waals surface area contributed by atoms with Crippen molar-refractivity contribution in [2.24, 2.45) is 5.84 Å². The van der Waals surface area contributed by atoms with Crippen molar-refractivity contribution in [3.8, 4) is 11.1 Å². The molecule has 0 atom stereocenters. The molecule has 2 aromatic carbocycles. The highest BCUT2D eigenvalue weighted by molar-refractivity contribution is 5.98. The second kappa shape index (κ2) is 8.00. The van der Waals surface area contributed by atoms with E-state index in [1.807, 2.05) is 35.8 Å². The minimum absolute atomic E-state index is 0.0938. The zero-order valence-electron chi connectivity index (χ0n) is 13.8. The molecule has 0 aliphatic carbocycles. The van der Waals surface area contributed by atoms with Crippen molar-refractivity contribution in [3.05, 3.63) is 78.3 Å². The molecule has 0 bridgehead atoms. The number of hydrazine groups is 1. The van der Waals surface area contributed by atoms with E-state index in [0.717, 1.165) is 5.56 Å². The SMILES string of the molecule is NNC(=O)c1occc1-c1cccc(NC(=O)OCc2ccccc2)c1. The van der Waals surface area contributed by atoms with E-state index in [1.54, 1.807) is 30.3 Å². The van der Waals surface area contributed by atoms with Crippen LogP contribution in [0.5, 0.6) is 0 Å². The van der Waals surface area contributed by atoms with Crippen molar-refractivity contribution in [1.29, 1.82) is 0 Å². The molecule has 3 rings (SSSR count). The Hall–Kier alpha value is -3.58. The van der Waals surface area contributed by atoms with Gasteiger partial charge in [0, 0.05) is 11.3 Å². The van der Waals surface area contributed by atoms with Crippen molar-refractivity contribution in [1.82, 2.24) is 5.43 Å². The van der Waals surface area contributed by atoms with Gasteiger partial charge in [-0.15, -0.1) is 0 Å². The molecule has 0 saturated heterocycles. The number of nitrogen functional groups attached to an aromatic ring is 1. The first-order valence-electron chi connectivity index (χ1n) is 7.84. The van der Waals surface area contributed by atoms with Gasteiger partial charge in [-0.1, -0.05) is 42.5 Å². The summed E-state index contributed by atoms with van der Waals surface area (Å²) in [7, 11) is 0. The zero-order valence-corrected chi connectivity index (χ0v) is 13.8. The molecular formula is C19H17N3O4. The van der Waals surface area contributed by atoms with Gasteiger partial charge in [0.25, 0.3) is 0 Å². The molecule has 4 N–H and O–H groups in total. The highest BCUT2D eigenvalue weighted by atomic mass is 16.5. The van der Waals surface area contributed by atoms with Crippen LogP contribution in [0, 0.1) is 0 Å². The predicted molar refractivity (Wildman–Crippen MR) is 96.0 cm³/mol. The summed E-state index contributed by atoms with van der Waals surface area (Å²) in [4.78, 5) is 23.7. The third kappa shape index (κ3) is 4.08. The summed E-state index contributed by atoms with van der Waals surface area (Å²) in [6, 6.07) is 18.0. The van der Waals surface area contributed by atoms with Crippen LogP contribution in [-0.2, 0) is 11.3 Å². The summed E-state index contributed by atoms with van der Waals surface area (Å²) in [5, 5.41) is 2.66. The first kappa shape index (κ1) is 17.2. The number of hydrogen-bond donors (Lipinski definition) is 3. The zero-order chi connectivity index (χ0) is 18.4. The van der Waals surface area contributed by atoms with E-state index < -0.39 is 12.0 Å². The summed E-state index contributed by atoms with van der Waals surface area (Å²) in [6.45, 7) is 0.176. The van der Waals surface area contributed by atoms with E-state index in [2.05, 4.69) is 5.32 Å². The van der Waals surface area contributed by atoms with Gasteiger partial charge < -0.3 is 9.15 Å². The molecule has 26 heavy (non-hydrogen) atoms. The number of rotatable bonds is 5. The lowest BCUT2D eigenvalue weighted by Gasteiger charge is -2.09. The Morgan fingerprint density at radius 3 is 2.62 bits per heavy atom. The van der Waals surface area contributed by atoms with Gasteiger partial charge in [-0.25, -0.2) is 10.6 Å². The molecule has 3 aromatic rings. The van der Waals surface area contributed by atoms with Crippen LogP contribution in [0.25, 0.3) is 11.1 Å². The predicted octanol–water partition coefficient (Wildman–Crippen LogP) is 3.30. The summed E-state index contributed by atoms with van der Waals surface area (Å²) in [5.74, 6) is 4.71. The second-order valence-electron chi connectivity index (χ2n) is 5.40. The lowest BCUT2D eigenvalue weighted by atomic mass is 10.1. The highest BCUT2D eigenvalue weighted by Crippen LogP contribution is 2.27. The molecule has 1 heterocycles. The Balaban J connectivity index is 1.69. The third-order valence-corrected chi connectivity index (χ3v) is 3.64. The van der Waals surface area contributed by atoms with Crippen molar-refractivity contribution in [3.63, 3.8) is 0 Å². The van der Waals surface area contributed by atoms with Gasteiger partial charge in [0.2, 0.25) is 0 Å². The summed E-state index contributed by atoms with van der Waals surface area (Å²) in [6.07, 6.45) is 0.826. The van der Waals surface area contributed by atoms with Crippen molar-refractivity contribution >= 4 is 17.7 Å². The Morgan fingerprint density at radius 1 is 1.04 bits per heavy atom. The fourth-order valence-electron chi connectivity index (χ4n) is 2.42. The average molecular weight is 351 g/mol. The van der Waals surface area contributed by atoms with Crippen LogP contribution in [0.1, 0.15) is 16.1 Å². The monoisotopic (exact) mass is 351 g/mol. The number of nitrogens with two attached hydrogens (primary N) is 1. The highest BCUT2D eigenvalue weighted by Gasteiger charge is 2.16. The lowest BCUT2D eigenvalue weighted by molar-refractivity contribution is 0.0927. The van der Waals surface area contributed by atoms with Gasteiger partial charge in [0.05, 0.1) is 6.26 Å². The van der Waals surface area contributed by atoms with Crippen LogP contribution in [0.4, 0.5) is 10.5 Å². The molecule has 1 aromatic heterocycles. The lowest BCUT2D eigenvalue weighted by Crippen LogP contribution is -2.29. The van der Waals surface area contributed by atoms with E-state index in [4.69, 9.17) is 15.0 Å². The van der Waals surface area contributed by atoms with Crippen LogP contribution < -0.4 is 16.6 Å². The maximum Gasteiger partial charge on any atom is 0.411 e. The van der Waals surface area contributed by atoms with Crippen LogP contribution in [0.2, 0.25) is 0 Å². The van der Waals surface area contributed by atoms with Gasteiger partial charge >= 0.3 is 12.0 Å². The Kier molecular flexibility index (Phi) is 5.31. The molecule has 0 saturated carbocycles.